The molecule has 27 heavy (non-hydrogen) atoms. The first kappa shape index (κ1) is 17.5. The Morgan fingerprint density at radius 1 is 1.26 bits per heavy atom. The molecule has 1 fully saturated rings. The van der Waals surface area contributed by atoms with E-state index in [4.69, 9.17) is 20.9 Å². The van der Waals surface area contributed by atoms with Crippen molar-refractivity contribution < 1.29 is 18.4 Å². The van der Waals surface area contributed by atoms with Gasteiger partial charge in [0.05, 0.1) is 29.2 Å². The Balaban J connectivity index is 1.48. The van der Waals surface area contributed by atoms with E-state index in [1.54, 1.807) is 7.11 Å². The zero-order valence-corrected chi connectivity index (χ0v) is 15.1. The van der Waals surface area contributed by atoms with Crippen LogP contribution < -0.4 is 4.74 Å². The largest absolute Gasteiger partial charge is 0.496 e. The summed E-state index contributed by atoms with van der Waals surface area (Å²) in [5, 5.41) is 4.10. The molecule has 0 radical (unpaired) electrons. The fourth-order valence-corrected chi connectivity index (χ4v) is 3.24. The first-order valence-electron chi connectivity index (χ1n) is 8.28. The highest BCUT2D eigenvalue weighted by atomic mass is 35.5. The van der Waals surface area contributed by atoms with Crippen LogP contribution >= 0.6 is 11.6 Å². The molecule has 0 atom stereocenters. The average Bonchev–Trinajstić information content (AvgIpc) is 3.09. The first-order chi connectivity index (χ1) is 13.1. The Morgan fingerprint density at radius 2 is 2.04 bits per heavy atom. The van der Waals surface area contributed by atoms with Gasteiger partial charge in [-0.05, 0) is 24.3 Å². The van der Waals surface area contributed by atoms with E-state index in [9.17, 15) is 9.18 Å². The average molecular weight is 388 g/mol. The van der Waals surface area contributed by atoms with Crippen molar-refractivity contribution in [3.8, 4) is 17.1 Å². The van der Waals surface area contributed by atoms with Crippen molar-refractivity contribution in [1.29, 1.82) is 0 Å². The van der Waals surface area contributed by atoms with Crippen molar-refractivity contribution in [3.63, 3.8) is 0 Å². The van der Waals surface area contributed by atoms with Gasteiger partial charge in [0.25, 0.3) is 5.91 Å². The lowest BCUT2D eigenvalue weighted by Crippen LogP contribution is -2.48. The summed E-state index contributed by atoms with van der Waals surface area (Å²) in [5.74, 6) is 0.315. The van der Waals surface area contributed by atoms with E-state index in [0.717, 1.165) is 5.56 Å². The lowest BCUT2D eigenvalue weighted by atomic mass is 9.98. The van der Waals surface area contributed by atoms with Crippen LogP contribution in [0.3, 0.4) is 0 Å². The van der Waals surface area contributed by atoms with Gasteiger partial charge in [0.1, 0.15) is 11.6 Å². The van der Waals surface area contributed by atoms with Gasteiger partial charge in [0.15, 0.2) is 0 Å². The number of carbonyl (C=O) groups is 1. The summed E-state index contributed by atoms with van der Waals surface area (Å²) in [5.41, 5.74) is 0.609. The number of nitrogens with zero attached hydrogens (tertiary/aromatic N) is 3. The minimum atomic E-state index is -0.632. The summed E-state index contributed by atoms with van der Waals surface area (Å²) in [6.45, 7) is 0.716. The zero-order valence-electron chi connectivity index (χ0n) is 14.4. The Hall–Kier alpha value is -2.93. The SMILES string of the molecule is COc1ccccc1-c1noc(C2CN(C(=O)c3c(F)cccc3Cl)C2)n1. The molecule has 138 valence electrons. The van der Waals surface area contributed by atoms with Crippen LogP contribution in [0.2, 0.25) is 5.02 Å². The molecular formula is C19H15ClFN3O3. The van der Waals surface area contributed by atoms with Crippen molar-refractivity contribution in [3.05, 3.63) is 64.8 Å². The molecule has 8 heteroatoms. The number of likely N-dealkylation sites (tertiary alicyclic amines) is 1. The number of hydrogen-bond acceptors (Lipinski definition) is 5. The Bertz CT molecular complexity index is 981. The van der Waals surface area contributed by atoms with Gasteiger partial charge in [-0.3, -0.25) is 4.79 Å². The maximum Gasteiger partial charge on any atom is 0.258 e. The molecule has 1 amide bonds. The van der Waals surface area contributed by atoms with Crippen molar-refractivity contribution in [2.45, 2.75) is 5.92 Å². The molecule has 1 aromatic heterocycles. The van der Waals surface area contributed by atoms with E-state index in [0.29, 0.717) is 30.6 Å². The van der Waals surface area contributed by atoms with E-state index in [1.165, 1.54) is 23.1 Å². The topological polar surface area (TPSA) is 68.5 Å². The van der Waals surface area contributed by atoms with Gasteiger partial charge >= 0.3 is 0 Å². The third-order valence-corrected chi connectivity index (χ3v) is 4.80. The first-order valence-corrected chi connectivity index (χ1v) is 8.66. The van der Waals surface area contributed by atoms with Crippen LogP contribution in [0.4, 0.5) is 4.39 Å². The molecule has 2 aromatic carbocycles. The molecule has 1 aliphatic heterocycles. The Kier molecular flexibility index (Phi) is 4.53. The highest BCUT2D eigenvalue weighted by Crippen LogP contribution is 2.32. The monoisotopic (exact) mass is 387 g/mol. The highest BCUT2D eigenvalue weighted by Gasteiger charge is 2.37. The molecule has 0 spiro atoms. The molecule has 4 rings (SSSR count). The molecule has 0 unspecified atom stereocenters. The van der Waals surface area contributed by atoms with Gasteiger partial charge in [0, 0.05) is 13.1 Å². The molecule has 0 saturated carbocycles. The number of hydrogen-bond donors (Lipinski definition) is 0. The summed E-state index contributed by atoms with van der Waals surface area (Å²) < 4.78 is 24.6. The molecular weight excluding hydrogens is 373 g/mol. The molecule has 6 nitrogen and oxygen atoms in total. The minimum Gasteiger partial charge on any atom is -0.496 e. The summed E-state index contributed by atoms with van der Waals surface area (Å²) in [6.07, 6.45) is 0. The maximum atomic E-state index is 13.9. The van der Waals surface area contributed by atoms with Crippen molar-refractivity contribution in [1.82, 2.24) is 15.0 Å². The van der Waals surface area contributed by atoms with Gasteiger partial charge in [0.2, 0.25) is 11.7 Å². The number of benzene rings is 2. The van der Waals surface area contributed by atoms with Crippen LogP contribution in [0.1, 0.15) is 22.2 Å². The van der Waals surface area contributed by atoms with Gasteiger partial charge in [-0.2, -0.15) is 4.98 Å². The molecule has 1 aliphatic rings. The number of carbonyl (C=O) groups excluding carboxylic acids is 1. The predicted octanol–water partition coefficient (Wildman–Crippen LogP) is 3.78. The van der Waals surface area contributed by atoms with Crippen molar-refractivity contribution >= 4 is 17.5 Å². The third kappa shape index (κ3) is 3.14. The molecule has 1 saturated heterocycles. The van der Waals surface area contributed by atoms with Gasteiger partial charge in [-0.25, -0.2) is 4.39 Å². The number of rotatable bonds is 4. The highest BCUT2D eigenvalue weighted by molar-refractivity contribution is 6.33. The second kappa shape index (κ2) is 7.00. The van der Waals surface area contributed by atoms with Crippen LogP contribution in [0.5, 0.6) is 5.75 Å². The lowest BCUT2D eigenvalue weighted by molar-refractivity contribution is 0.0564. The Labute approximate surface area is 159 Å². The number of methoxy groups -OCH3 is 1. The molecule has 0 aliphatic carbocycles. The normalized spacial score (nSPS) is 14.1. The van der Waals surface area contributed by atoms with Crippen LogP contribution in [-0.2, 0) is 0 Å². The molecule has 0 N–H and O–H groups in total. The van der Waals surface area contributed by atoms with Crippen LogP contribution in [0.25, 0.3) is 11.4 Å². The van der Waals surface area contributed by atoms with E-state index in [1.807, 2.05) is 24.3 Å². The summed E-state index contributed by atoms with van der Waals surface area (Å²) in [6, 6.07) is 11.5. The lowest BCUT2D eigenvalue weighted by Gasteiger charge is -2.37. The number of aromatic nitrogens is 2. The van der Waals surface area contributed by atoms with E-state index in [2.05, 4.69) is 10.1 Å². The summed E-state index contributed by atoms with van der Waals surface area (Å²) in [7, 11) is 1.57. The number of ether oxygens (including phenoxy) is 1. The quantitative estimate of drug-likeness (QED) is 0.681. The van der Waals surface area contributed by atoms with Gasteiger partial charge in [-0.1, -0.05) is 35.0 Å². The van der Waals surface area contributed by atoms with Crippen LogP contribution in [-0.4, -0.2) is 41.1 Å². The minimum absolute atomic E-state index is 0.0969. The summed E-state index contributed by atoms with van der Waals surface area (Å²) in [4.78, 5) is 18.4. The summed E-state index contributed by atoms with van der Waals surface area (Å²) >= 11 is 5.96. The predicted molar refractivity (Wildman–Crippen MR) is 96.3 cm³/mol. The number of para-hydroxylation sites is 1. The zero-order chi connectivity index (χ0) is 19.0. The van der Waals surface area contributed by atoms with E-state index >= 15 is 0 Å². The standard InChI is InChI=1S/C19H15ClFN3O3/c1-26-15-8-3-2-5-12(15)17-22-18(27-23-17)11-9-24(10-11)19(25)16-13(20)6-4-7-14(16)21/h2-8,11H,9-10H2,1H3. The van der Waals surface area contributed by atoms with Crippen LogP contribution in [0.15, 0.2) is 47.0 Å². The second-order valence-corrected chi connectivity index (χ2v) is 6.57. The smallest absolute Gasteiger partial charge is 0.258 e. The van der Waals surface area contributed by atoms with E-state index < -0.39 is 11.7 Å². The fourth-order valence-electron chi connectivity index (χ4n) is 3.00. The van der Waals surface area contributed by atoms with E-state index in [-0.39, 0.29) is 16.5 Å². The second-order valence-electron chi connectivity index (χ2n) is 6.16. The molecule has 3 aromatic rings. The van der Waals surface area contributed by atoms with Gasteiger partial charge in [-0.15, -0.1) is 0 Å². The van der Waals surface area contributed by atoms with Crippen molar-refractivity contribution in [2.75, 3.05) is 20.2 Å². The van der Waals surface area contributed by atoms with Crippen molar-refractivity contribution in [2.24, 2.45) is 0 Å². The maximum absolute atomic E-state index is 13.9. The molecule has 0 bridgehead atoms. The third-order valence-electron chi connectivity index (χ3n) is 4.48. The van der Waals surface area contributed by atoms with Gasteiger partial charge < -0.3 is 14.2 Å². The number of amides is 1. The number of halogens is 2. The molecule has 2 heterocycles. The fraction of sp³-hybridized carbons (Fsp3) is 0.211. The van der Waals surface area contributed by atoms with Crippen LogP contribution in [0, 0.1) is 5.82 Å². The Morgan fingerprint density at radius 3 is 2.78 bits per heavy atom.